The maximum Gasteiger partial charge on any atom is 0.326 e. The fraction of sp³-hybridized carbons (Fsp3) is 0.462. The highest BCUT2D eigenvalue weighted by Crippen LogP contribution is 2.22. The average Bonchev–Trinajstić information content (AvgIpc) is 4.25. The molecule has 1 aliphatic heterocycles. The number of unbranched alkanes of at least 4 members (excludes halogenated alkanes) is 1. The fourth-order valence-corrected chi connectivity index (χ4v) is 8.85. The van der Waals surface area contributed by atoms with Gasteiger partial charge in [-0.3, -0.25) is 47.9 Å². The SMILES string of the molecule is C[C@H](NC(=O)[C@H](CO)NC(=O)CNC(=O)CN)C(=O)N[C@@H](Cc1c[nH]c2ccccc12)C(=O)N[C@@H](Cc1cnc[nH]1)C(=O)N1CCC[C@H]1C(=O)N[C@@H](Cc1ccccc1)C(=O)N[C@@H](CCC(=O)O)C(=O)N[C@@H](CCCCN)C(=O)O. The number of hydrogen-bond donors (Lipinski definition) is 15. The van der Waals surface area contributed by atoms with E-state index in [9.17, 15) is 68.1 Å². The van der Waals surface area contributed by atoms with Gasteiger partial charge in [-0.05, 0) is 69.2 Å². The number of H-pyrrole nitrogens is 2. The van der Waals surface area contributed by atoms with Crippen molar-refractivity contribution >= 4 is 76.0 Å². The molecule has 5 rings (SSSR count). The molecule has 4 aromatic rings. The van der Waals surface area contributed by atoms with E-state index in [-0.39, 0.29) is 45.2 Å². The second-order valence-corrected chi connectivity index (χ2v) is 19.1. The topological polar surface area (TPSA) is 444 Å². The lowest BCUT2D eigenvalue weighted by Crippen LogP contribution is -2.60. The second kappa shape index (κ2) is 31.0. The number of fused-ring (bicyclic) bond motifs is 1. The van der Waals surface area contributed by atoms with Gasteiger partial charge in [0.1, 0.15) is 48.3 Å². The van der Waals surface area contributed by atoms with Crippen molar-refractivity contribution in [2.75, 3.05) is 32.8 Å². The number of para-hydroxylation sites is 1. The molecule has 0 saturated carbocycles. The van der Waals surface area contributed by atoms with E-state index >= 15 is 0 Å². The minimum absolute atomic E-state index is 0.00969. The maximum absolute atomic E-state index is 14.9. The zero-order valence-corrected chi connectivity index (χ0v) is 44.0. The van der Waals surface area contributed by atoms with Crippen LogP contribution in [-0.4, -0.2) is 181 Å². The molecule has 0 unspecified atom stereocenters. The van der Waals surface area contributed by atoms with Crippen molar-refractivity contribution in [2.45, 2.75) is 119 Å². The molecule has 2 aromatic carbocycles. The number of imidazole rings is 1. The molecule has 2 aromatic heterocycles. The number of aromatic amines is 2. The predicted octanol–water partition coefficient (Wildman–Crippen LogP) is -3.53. The van der Waals surface area contributed by atoms with Gasteiger partial charge in [0.05, 0.1) is 26.0 Å². The number of carbonyl (C=O) groups excluding carboxylic acids is 9. The minimum atomic E-state index is -1.55. The van der Waals surface area contributed by atoms with Crippen LogP contribution in [0.5, 0.6) is 0 Å². The summed E-state index contributed by atoms with van der Waals surface area (Å²) in [5, 5.41) is 49.8. The lowest BCUT2D eigenvalue weighted by atomic mass is 10.0. The first-order chi connectivity index (χ1) is 38.3. The molecule has 80 heavy (non-hydrogen) atoms. The Morgan fingerprint density at radius 2 is 1.34 bits per heavy atom. The first kappa shape index (κ1) is 62.1. The summed E-state index contributed by atoms with van der Waals surface area (Å²) < 4.78 is 0. The van der Waals surface area contributed by atoms with Gasteiger partial charge in [0, 0.05) is 61.2 Å². The van der Waals surface area contributed by atoms with Gasteiger partial charge in [0.25, 0.3) is 0 Å². The Balaban J connectivity index is 1.38. The molecular weight excluding hydrogens is 1040 g/mol. The van der Waals surface area contributed by atoms with Gasteiger partial charge >= 0.3 is 11.9 Å². The van der Waals surface area contributed by atoms with Gasteiger partial charge in [-0.15, -0.1) is 0 Å². The molecular formula is C52H70N14O14. The van der Waals surface area contributed by atoms with Crippen LogP contribution in [-0.2, 0) is 72.0 Å². The van der Waals surface area contributed by atoms with Gasteiger partial charge in [-0.2, -0.15) is 0 Å². The quantitative estimate of drug-likeness (QED) is 0.0211. The van der Waals surface area contributed by atoms with Gasteiger partial charge in [-0.1, -0.05) is 48.5 Å². The highest BCUT2D eigenvalue weighted by molar-refractivity contribution is 5.99. The van der Waals surface area contributed by atoms with Gasteiger partial charge in [0.15, 0.2) is 0 Å². The van der Waals surface area contributed by atoms with E-state index in [1.54, 1.807) is 60.8 Å². The third-order valence-corrected chi connectivity index (χ3v) is 13.1. The van der Waals surface area contributed by atoms with E-state index in [1.165, 1.54) is 24.3 Å². The molecule has 9 amide bonds. The maximum atomic E-state index is 14.9. The number of aliphatic hydroxyl groups excluding tert-OH is 1. The van der Waals surface area contributed by atoms with Crippen LogP contribution in [0.1, 0.15) is 68.7 Å². The second-order valence-electron chi connectivity index (χ2n) is 19.1. The van der Waals surface area contributed by atoms with E-state index < -0.39 is 146 Å². The normalized spacial score (nSPS) is 15.6. The number of aromatic nitrogens is 3. The number of rotatable bonds is 32. The molecule has 1 aliphatic rings. The number of benzene rings is 2. The van der Waals surface area contributed by atoms with Crippen molar-refractivity contribution in [2.24, 2.45) is 11.5 Å². The van der Waals surface area contributed by atoms with Crippen LogP contribution in [0.2, 0.25) is 0 Å². The van der Waals surface area contributed by atoms with Crippen LogP contribution in [0, 0.1) is 0 Å². The third kappa shape index (κ3) is 18.7. The summed E-state index contributed by atoms with van der Waals surface area (Å²) in [5.41, 5.74) is 13.1. The monoisotopic (exact) mass is 1110 g/mol. The number of nitrogens with one attached hydrogen (secondary N) is 10. The zero-order valence-electron chi connectivity index (χ0n) is 44.0. The molecule has 0 spiro atoms. The number of carboxylic acid groups (broad SMARTS) is 2. The Morgan fingerprint density at radius 3 is 2.00 bits per heavy atom. The van der Waals surface area contributed by atoms with Crippen molar-refractivity contribution in [3.8, 4) is 0 Å². The van der Waals surface area contributed by atoms with Crippen LogP contribution in [0.4, 0.5) is 0 Å². The van der Waals surface area contributed by atoms with Gasteiger partial charge in [0.2, 0.25) is 53.2 Å². The molecule has 0 radical (unpaired) electrons. The molecule has 1 fully saturated rings. The van der Waals surface area contributed by atoms with Crippen LogP contribution in [0.15, 0.2) is 73.3 Å². The van der Waals surface area contributed by atoms with Crippen molar-refractivity contribution in [3.63, 3.8) is 0 Å². The Morgan fingerprint density at radius 1 is 0.688 bits per heavy atom. The van der Waals surface area contributed by atoms with Crippen LogP contribution >= 0.6 is 0 Å². The smallest absolute Gasteiger partial charge is 0.326 e. The number of aliphatic carboxylic acids is 2. The molecule has 0 aliphatic carbocycles. The number of nitrogens with zero attached hydrogens (tertiary/aromatic N) is 2. The summed E-state index contributed by atoms with van der Waals surface area (Å²) in [6.45, 7) is -0.232. The average molecular weight is 1120 g/mol. The lowest BCUT2D eigenvalue weighted by Gasteiger charge is -2.31. The van der Waals surface area contributed by atoms with Crippen molar-refractivity contribution in [1.29, 1.82) is 0 Å². The summed E-state index contributed by atoms with van der Waals surface area (Å²) >= 11 is 0. The standard InChI is InChI=1S/C52H70N14O14/c1-29(59-49(76)40(27-67)60-43(69)26-57-42(68)23-54)45(72)63-38(21-31-24-56-34-13-6-5-12-33(31)34)48(75)65-39(22-32-25-55-28-58-32)51(78)66-19-9-15-41(66)50(77)64-37(20-30-10-3-2-4-11-30)47(74)61-35(16-17-44(70)71)46(73)62-36(52(79)80)14-7-8-18-53/h2-6,10-13,24-25,28-29,35-41,56,67H,7-9,14-23,26-27,53-54H2,1H3,(H,55,58)(H,57,68)(H,59,76)(H,60,69)(H,61,74)(H,62,73)(H,63,72)(H,64,77)(H,65,75)(H,70,71)(H,79,80)/t29-,35-,36-,37-,38-,39-,40-,41-/m0/s1. The van der Waals surface area contributed by atoms with E-state index in [4.69, 9.17) is 11.5 Å². The zero-order chi connectivity index (χ0) is 58.3. The van der Waals surface area contributed by atoms with Crippen molar-refractivity contribution in [3.05, 3.63) is 90.1 Å². The van der Waals surface area contributed by atoms with Gasteiger partial charge in [-0.25, -0.2) is 9.78 Å². The Bertz CT molecular complexity index is 2790. The van der Waals surface area contributed by atoms with Crippen LogP contribution < -0.4 is 54.0 Å². The number of aliphatic hydroxyl groups is 1. The summed E-state index contributed by atoms with van der Waals surface area (Å²) in [6.07, 6.45) is 4.20. The highest BCUT2D eigenvalue weighted by atomic mass is 16.4. The third-order valence-electron chi connectivity index (χ3n) is 13.1. The first-order valence-electron chi connectivity index (χ1n) is 26.0. The molecule has 8 atom stereocenters. The number of likely N-dealkylation sites (tertiary alicyclic amines) is 1. The number of carboxylic acids is 2. The van der Waals surface area contributed by atoms with E-state index in [2.05, 4.69) is 57.5 Å². The summed E-state index contributed by atoms with van der Waals surface area (Å²) in [5.74, 6) is -10.2. The summed E-state index contributed by atoms with van der Waals surface area (Å²) in [7, 11) is 0. The predicted molar refractivity (Wildman–Crippen MR) is 285 cm³/mol. The minimum Gasteiger partial charge on any atom is -0.481 e. The van der Waals surface area contributed by atoms with Crippen molar-refractivity contribution < 1.29 is 68.1 Å². The number of nitrogens with two attached hydrogens (primary N) is 2. The Labute approximate surface area is 459 Å². The summed E-state index contributed by atoms with van der Waals surface area (Å²) in [6, 6.07) is 4.32. The number of carbonyl (C=O) groups is 11. The first-order valence-corrected chi connectivity index (χ1v) is 26.0. The number of amides is 9. The van der Waals surface area contributed by atoms with Crippen LogP contribution in [0.25, 0.3) is 10.9 Å². The van der Waals surface area contributed by atoms with E-state index in [0.717, 1.165) is 0 Å². The number of hydrogen-bond acceptors (Lipinski definition) is 15. The van der Waals surface area contributed by atoms with Gasteiger partial charge < -0.3 is 84.2 Å². The molecule has 28 nitrogen and oxygen atoms in total. The molecule has 17 N–H and O–H groups in total. The van der Waals surface area contributed by atoms with E-state index in [1.807, 2.05) is 0 Å². The van der Waals surface area contributed by atoms with E-state index in [0.29, 0.717) is 47.0 Å². The summed E-state index contributed by atoms with van der Waals surface area (Å²) in [4.78, 5) is 158. The Kier molecular flexibility index (Phi) is 24.1. The molecule has 3 heterocycles. The largest absolute Gasteiger partial charge is 0.481 e. The molecule has 28 heteroatoms. The highest BCUT2D eigenvalue weighted by Gasteiger charge is 2.41. The Hall–Kier alpha value is -8.76. The molecule has 0 bridgehead atoms. The van der Waals surface area contributed by atoms with Crippen LogP contribution in [0.3, 0.4) is 0 Å². The molecule has 432 valence electrons. The lowest BCUT2D eigenvalue weighted by molar-refractivity contribution is -0.143. The molecule has 1 saturated heterocycles. The fourth-order valence-electron chi connectivity index (χ4n) is 8.85. The van der Waals surface area contributed by atoms with Crippen molar-refractivity contribution in [1.82, 2.24) is 62.4 Å².